The van der Waals surface area contributed by atoms with Crippen molar-refractivity contribution in [1.82, 2.24) is 0 Å². The minimum atomic E-state index is -1.43. The van der Waals surface area contributed by atoms with Crippen LogP contribution in [-0.2, 0) is 9.53 Å². The molecule has 0 amide bonds. The number of Topliss-reactive ketones (excluding diaryl/α,β-unsaturated/α-hetero) is 1. The third-order valence-electron chi connectivity index (χ3n) is 2.45. The number of hydrogen-bond donors (Lipinski definition) is 0. The van der Waals surface area contributed by atoms with Crippen LogP contribution in [-0.4, -0.2) is 18.9 Å². The molecule has 1 rings (SSSR count). The SMILES string of the molecule is COC(=O)C(C)(C)C(=O)c1ccc(F)c(F)c1. The van der Waals surface area contributed by atoms with Gasteiger partial charge < -0.3 is 4.74 Å². The summed E-state index contributed by atoms with van der Waals surface area (Å²) >= 11 is 0. The summed E-state index contributed by atoms with van der Waals surface area (Å²) in [6, 6.07) is 2.74. The number of carbonyl (C=O) groups excluding carboxylic acids is 2. The molecule has 0 unspecified atom stereocenters. The van der Waals surface area contributed by atoms with E-state index in [4.69, 9.17) is 0 Å². The lowest BCUT2D eigenvalue weighted by Crippen LogP contribution is -2.34. The van der Waals surface area contributed by atoms with Crippen LogP contribution in [0.1, 0.15) is 24.2 Å². The van der Waals surface area contributed by atoms with Crippen molar-refractivity contribution in [3.63, 3.8) is 0 Å². The predicted octanol–water partition coefficient (Wildman–Crippen LogP) is 2.35. The van der Waals surface area contributed by atoms with E-state index in [0.717, 1.165) is 25.3 Å². The molecule has 0 atom stereocenters. The number of ether oxygens (including phenoxy) is 1. The van der Waals surface area contributed by atoms with Gasteiger partial charge >= 0.3 is 5.97 Å². The van der Waals surface area contributed by atoms with Gasteiger partial charge in [0.2, 0.25) is 0 Å². The van der Waals surface area contributed by atoms with E-state index in [1.165, 1.54) is 13.8 Å². The maximum absolute atomic E-state index is 13.0. The molecule has 92 valence electrons. The number of halogens is 2. The molecule has 0 bridgehead atoms. The van der Waals surface area contributed by atoms with Crippen LogP contribution in [0.4, 0.5) is 8.78 Å². The Hall–Kier alpha value is -1.78. The zero-order valence-corrected chi connectivity index (χ0v) is 9.71. The van der Waals surface area contributed by atoms with Crippen LogP contribution in [0.3, 0.4) is 0 Å². The first-order valence-electron chi connectivity index (χ1n) is 4.89. The summed E-state index contributed by atoms with van der Waals surface area (Å²) in [5.41, 5.74) is -1.50. The highest BCUT2D eigenvalue weighted by Gasteiger charge is 2.37. The molecular formula is C12H12F2O3. The number of rotatable bonds is 3. The smallest absolute Gasteiger partial charge is 0.319 e. The second-order valence-electron chi connectivity index (χ2n) is 4.07. The predicted molar refractivity (Wildman–Crippen MR) is 56.5 cm³/mol. The molecule has 0 aromatic heterocycles. The number of ketones is 1. The Morgan fingerprint density at radius 1 is 1.18 bits per heavy atom. The summed E-state index contributed by atoms with van der Waals surface area (Å²) in [7, 11) is 1.16. The Balaban J connectivity index is 3.12. The molecule has 0 saturated heterocycles. The molecule has 0 N–H and O–H groups in total. The highest BCUT2D eigenvalue weighted by atomic mass is 19.2. The first kappa shape index (κ1) is 13.3. The third-order valence-corrected chi connectivity index (χ3v) is 2.45. The zero-order valence-electron chi connectivity index (χ0n) is 9.71. The van der Waals surface area contributed by atoms with Crippen molar-refractivity contribution in [2.45, 2.75) is 13.8 Å². The molecule has 3 nitrogen and oxygen atoms in total. The van der Waals surface area contributed by atoms with Gasteiger partial charge in [0.25, 0.3) is 0 Å². The fraction of sp³-hybridized carbons (Fsp3) is 0.333. The molecule has 0 fully saturated rings. The molecule has 0 aliphatic heterocycles. The van der Waals surface area contributed by atoms with E-state index in [2.05, 4.69) is 4.74 Å². The van der Waals surface area contributed by atoms with Gasteiger partial charge in [0, 0.05) is 5.56 Å². The molecule has 0 aliphatic rings. The highest BCUT2D eigenvalue weighted by Crippen LogP contribution is 2.24. The Morgan fingerprint density at radius 3 is 2.24 bits per heavy atom. The van der Waals surface area contributed by atoms with Crippen molar-refractivity contribution < 1.29 is 23.1 Å². The monoisotopic (exact) mass is 242 g/mol. The second-order valence-corrected chi connectivity index (χ2v) is 4.07. The first-order valence-corrected chi connectivity index (χ1v) is 4.89. The van der Waals surface area contributed by atoms with Gasteiger partial charge in [0.1, 0.15) is 5.41 Å². The van der Waals surface area contributed by atoms with Gasteiger partial charge in [-0.1, -0.05) is 0 Å². The van der Waals surface area contributed by atoms with E-state index in [0.29, 0.717) is 0 Å². The Kier molecular flexibility index (Phi) is 3.60. The zero-order chi connectivity index (χ0) is 13.2. The quantitative estimate of drug-likeness (QED) is 0.464. The van der Waals surface area contributed by atoms with Crippen molar-refractivity contribution in [2.75, 3.05) is 7.11 Å². The van der Waals surface area contributed by atoms with Gasteiger partial charge in [-0.2, -0.15) is 0 Å². The number of hydrogen-bond acceptors (Lipinski definition) is 3. The topological polar surface area (TPSA) is 43.4 Å². The average Bonchev–Trinajstić information content (AvgIpc) is 2.30. The lowest BCUT2D eigenvalue weighted by molar-refractivity contribution is -0.147. The van der Waals surface area contributed by atoms with Crippen LogP contribution in [0.15, 0.2) is 18.2 Å². The number of methoxy groups -OCH3 is 1. The molecule has 5 heteroatoms. The van der Waals surface area contributed by atoms with E-state index in [1.807, 2.05) is 0 Å². The van der Waals surface area contributed by atoms with Crippen LogP contribution >= 0.6 is 0 Å². The van der Waals surface area contributed by atoms with Crippen molar-refractivity contribution in [3.8, 4) is 0 Å². The van der Waals surface area contributed by atoms with Crippen LogP contribution in [0.25, 0.3) is 0 Å². The fourth-order valence-corrected chi connectivity index (χ4v) is 1.35. The van der Waals surface area contributed by atoms with Gasteiger partial charge in [-0.15, -0.1) is 0 Å². The van der Waals surface area contributed by atoms with E-state index in [-0.39, 0.29) is 5.56 Å². The van der Waals surface area contributed by atoms with E-state index >= 15 is 0 Å². The van der Waals surface area contributed by atoms with Crippen molar-refractivity contribution in [2.24, 2.45) is 5.41 Å². The second kappa shape index (κ2) is 4.61. The van der Waals surface area contributed by atoms with Crippen molar-refractivity contribution in [1.29, 1.82) is 0 Å². The van der Waals surface area contributed by atoms with Gasteiger partial charge in [0.05, 0.1) is 7.11 Å². The number of benzene rings is 1. The summed E-state index contributed by atoms with van der Waals surface area (Å²) < 4.78 is 30.2. The highest BCUT2D eigenvalue weighted by molar-refractivity contribution is 6.11. The average molecular weight is 242 g/mol. The minimum absolute atomic E-state index is 0.0701. The lowest BCUT2D eigenvalue weighted by atomic mass is 9.84. The van der Waals surface area contributed by atoms with Gasteiger partial charge in [-0.3, -0.25) is 9.59 Å². The molecule has 0 heterocycles. The number of carbonyl (C=O) groups is 2. The normalized spacial score (nSPS) is 11.1. The fourth-order valence-electron chi connectivity index (χ4n) is 1.35. The Bertz CT molecular complexity index is 467. The minimum Gasteiger partial charge on any atom is -0.468 e. The molecule has 0 saturated carbocycles. The van der Waals surface area contributed by atoms with Gasteiger partial charge in [-0.05, 0) is 32.0 Å². The van der Waals surface area contributed by atoms with E-state index in [9.17, 15) is 18.4 Å². The maximum Gasteiger partial charge on any atom is 0.319 e. The van der Waals surface area contributed by atoms with Crippen LogP contribution < -0.4 is 0 Å². The van der Waals surface area contributed by atoms with Crippen LogP contribution in [0.2, 0.25) is 0 Å². The summed E-state index contributed by atoms with van der Waals surface area (Å²) in [5, 5.41) is 0. The summed E-state index contributed by atoms with van der Waals surface area (Å²) in [4.78, 5) is 23.3. The first-order chi connectivity index (χ1) is 7.80. The molecular weight excluding hydrogens is 230 g/mol. The third kappa shape index (κ3) is 2.49. The molecule has 0 spiro atoms. The van der Waals surface area contributed by atoms with Crippen LogP contribution in [0, 0.1) is 17.0 Å². The van der Waals surface area contributed by atoms with Gasteiger partial charge in [0.15, 0.2) is 17.4 Å². The van der Waals surface area contributed by atoms with Crippen molar-refractivity contribution in [3.05, 3.63) is 35.4 Å². The van der Waals surface area contributed by atoms with Gasteiger partial charge in [-0.25, -0.2) is 8.78 Å². The Morgan fingerprint density at radius 2 is 1.76 bits per heavy atom. The molecule has 17 heavy (non-hydrogen) atoms. The summed E-state index contributed by atoms with van der Waals surface area (Å²) in [6.07, 6.45) is 0. The van der Waals surface area contributed by atoms with E-state index in [1.54, 1.807) is 0 Å². The number of esters is 1. The lowest BCUT2D eigenvalue weighted by Gasteiger charge is -2.19. The molecule has 1 aromatic rings. The summed E-state index contributed by atoms with van der Waals surface area (Å²) in [5.74, 6) is -3.52. The standard InChI is InChI=1S/C12H12F2O3/c1-12(2,11(16)17-3)10(15)7-4-5-8(13)9(14)6-7/h4-6H,1-3H3. The van der Waals surface area contributed by atoms with Crippen LogP contribution in [0.5, 0.6) is 0 Å². The Labute approximate surface area is 97.4 Å². The van der Waals surface area contributed by atoms with E-state index < -0.39 is 28.8 Å². The molecule has 1 aromatic carbocycles. The molecule has 0 radical (unpaired) electrons. The maximum atomic E-state index is 13.0. The largest absolute Gasteiger partial charge is 0.468 e. The van der Waals surface area contributed by atoms with Crippen molar-refractivity contribution >= 4 is 11.8 Å². The summed E-state index contributed by atoms with van der Waals surface area (Å²) in [6.45, 7) is 2.73. The molecule has 0 aliphatic carbocycles.